The average Bonchev–Trinajstić information content (AvgIpc) is 2.13. The summed E-state index contributed by atoms with van der Waals surface area (Å²) < 4.78 is 5.24. The largest absolute Gasteiger partial charge is 0.393 e. The van der Waals surface area contributed by atoms with Crippen molar-refractivity contribution in [3.05, 3.63) is 0 Å². The van der Waals surface area contributed by atoms with Crippen molar-refractivity contribution in [1.82, 2.24) is 0 Å². The first-order valence-corrected chi connectivity index (χ1v) is 5.22. The first kappa shape index (κ1) is 13.6. The molecule has 0 aromatic rings. The van der Waals surface area contributed by atoms with Crippen molar-refractivity contribution in [3.63, 3.8) is 0 Å². The van der Waals surface area contributed by atoms with Gasteiger partial charge in [0.05, 0.1) is 6.10 Å². The Kier molecular flexibility index (Phi) is 5.96. The molecule has 14 heavy (non-hydrogen) atoms. The first-order valence-electron chi connectivity index (χ1n) is 5.22. The van der Waals surface area contributed by atoms with Gasteiger partial charge >= 0.3 is 0 Å². The molecule has 0 radical (unpaired) electrons. The maximum Gasteiger partial charge on any atom is 0.166 e. The SMILES string of the molecule is CCCCC(C)(OC)C(=O)CC(C)O. The smallest absolute Gasteiger partial charge is 0.166 e. The summed E-state index contributed by atoms with van der Waals surface area (Å²) in [5, 5.41) is 9.13. The fourth-order valence-electron chi connectivity index (χ4n) is 1.35. The van der Waals surface area contributed by atoms with Gasteiger partial charge in [-0.15, -0.1) is 0 Å². The molecule has 0 aliphatic rings. The van der Waals surface area contributed by atoms with Crippen molar-refractivity contribution in [1.29, 1.82) is 0 Å². The summed E-state index contributed by atoms with van der Waals surface area (Å²) in [4.78, 5) is 11.7. The number of hydrogen-bond donors (Lipinski definition) is 1. The molecule has 0 amide bonds. The predicted octanol–water partition coefficient (Wildman–Crippen LogP) is 1.92. The Labute approximate surface area is 86.5 Å². The lowest BCUT2D eigenvalue weighted by molar-refractivity contribution is -0.141. The number of carbonyl (C=O) groups excluding carboxylic acids is 1. The van der Waals surface area contributed by atoms with Gasteiger partial charge in [0.15, 0.2) is 5.78 Å². The number of ketones is 1. The van der Waals surface area contributed by atoms with E-state index in [1.54, 1.807) is 21.0 Å². The van der Waals surface area contributed by atoms with Crippen LogP contribution in [0.2, 0.25) is 0 Å². The summed E-state index contributed by atoms with van der Waals surface area (Å²) in [5.41, 5.74) is -0.715. The molecule has 0 aromatic carbocycles. The van der Waals surface area contributed by atoms with Crippen LogP contribution in [0.4, 0.5) is 0 Å². The van der Waals surface area contributed by atoms with Crippen molar-refractivity contribution in [2.24, 2.45) is 0 Å². The highest BCUT2D eigenvalue weighted by molar-refractivity contribution is 5.87. The fraction of sp³-hybridized carbons (Fsp3) is 0.909. The van der Waals surface area contributed by atoms with E-state index in [4.69, 9.17) is 9.84 Å². The molecule has 3 nitrogen and oxygen atoms in total. The van der Waals surface area contributed by atoms with E-state index < -0.39 is 11.7 Å². The van der Waals surface area contributed by atoms with E-state index in [9.17, 15) is 4.79 Å². The molecule has 1 N–H and O–H groups in total. The third kappa shape index (κ3) is 4.20. The molecule has 2 atom stereocenters. The second kappa shape index (κ2) is 6.14. The number of methoxy groups -OCH3 is 1. The van der Waals surface area contributed by atoms with Gasteiger partial charge in [0.2, 0.25) is 0 Å². The van der Waals surface area contributed by atoms with Gasteiger partial charge in [-0.3, -0.25) is 4.79 Å². The molecule has 0 fully saturated rings. The van der Waals surface area contributed by atoms with Gasteiger partial charge in [-0.25, -0.2) is 0 Å². The first-order chi connectivity index (χ1) is 6.46. The topological polar surface area (TPSA) is 46.5 Å². The lowest BCUT2D eigenvalue weighted by Crippen LogP contribution is -2.38. The van der Waals surface area contributed by atoms with Crippen molar-refractivity contribution < 1.29 is 14.6 Å². The standard InChI is InChI=1S/C11H22O3/c1-5-6-7-11(3,14-4)10(13)8-9(2)12/h9,12H,5-8H2,1-4H3. The molecule has 0 saturated heterocycles. The van der Waals surface area contributed by atoms with Crippen LogP contribution in [0.25, 0.3) is 0 Å². The second-order valence-electron chi connectivity index (χ2n) is 4.01. The molecule has 0 spiro atoms. The normalized spacial score (nSPS) is 17.5. The predicted molar refractivity (Wildman–Crippen MR) is 56.2 cm³/mol. The number of aliphatic hydroxyl groups excluding tert-OH is 1. The highest BCUT2D eigenvalue weighted by atomic mass is 16.5. The van der Waals surface area contributed by atoms with Gasteiger partial charge in [0.1, 0.15) is 5.60 Å². The van der Waals surface area contributed by atoms with E-state index >= 15 is 0 Å². The third-order valence-corrected chi connectivity index (χ3v) is 2.53. The molecule has 0 rings (SSSR count). The third-order valence-electron chi connectivity index (χ3n) is 2.53. The van der Waals surface area contributed by atoms with Crippen LogP contribution in [0.3, 0.4) is 0 Å². The summed E-state index contributed by atoms with van der Waals surface area (Å²) in [6.45, 7) is 5.50. The zero-order valence-corrected chi connectivity index (χ0v) is 9.67. The Morgan fingerprint density at radius 3 is 2.50 bits per heavy atom. The Bertz CT molecular complexity index is 177. The van der Waals surface area contributed by atoms with E-state index in [0.29, 0.717) is 0 Å². The molecule has 0 heterocycles. The van der Waals surface area contributed by atoms with Crippen molar-refractivity contribution >= 4 is 5.78 Å². The highest BCUT2D eigenvalue weighted by Crippen LogP contribution is 2.21. The van der Waals surface area contributed by atoms with Gasteiger partial charge in [-0.05, 0) is 20.3 Å². The number of hydrogen-bond acceptors (Lipinski definition) is 3. The quantitative estimate of drug-likeness (QED) is 0.686. The highest BCUT2D eigenvalue weighted by Gasteiger charge is 2.32. The minimum atomic E-state index is -0.715. The maximum atomic E-state index is 11.7. The zero-order chi connectivity index (χ0) is 11.2. The Morgan fingerprint density at radius 1 is 1.57 bits per heavy atom. The van der Waals surface area contributed by atoms with Crippen LogP contribution in [0.1, 0.15) is 46.5 Å². The van der Waals surface area contributed by atoms with Crippen LogP contribution >= 0.6 is 0 Å². The van der Waals surface area contributed by atoms with Crippen LogP contribution in [0.5, 0.6) is 0 Å². The van der Waals surface area contributed by atoms with E-state index in [-0.39, 0.29) is 12.2 Å². The van der Waals surface area contributed by atoms with E-state index in [1.807, 2.05) is 0 Å². The van der Waals surface area contributed by atoms with E-state index in [1.165, 1.54) is 0 Å². The lowest BCUT2D eigenvalue weighted by Gasteiger charge is -2.27. The fourth-order valence-corrected chi connectivity index (χ4v) is 1.35. The van der Waals surface area contributed by atoms with Crippen LogP contribution < -0.4 is 0 Å². The molecular formula is C11H22O3. The molecule has 0 bridgehead atoms. The lowest BCUT2D eigenvalue weighted by atomic mass is 9.91. The zero-order valence-electron chi connectivity index (χ0n) is 9.67. The molecule has 0 aliphatic heterocycles. The molecule has 0 aliphatic carbocycles. The Morgan fingerprint density at radius 2 is 2.14 bits per heavy atom. The van der Waals surface area contributed by atoms with Crippen LogP contribution in [-0.2, 0) is 9.53 Å². The minimum Gasteiger partial charge on any atom is -0.393 e. The van der Waals surface area contributed by atoms with Crippen LogP contribution in [0, 0.1) is 0 Å². The van der Waals surface area contributed by atoms with Gasteiger partial charge < -0.3 is 9.84 Å². The number of ether oxygens (including phenoxy) is 1. The van der Waals surface area contributed by atoms with Gasteiger partial charge in [0, 0.05) is 13.5 Å². The monoisotopic (exact) mass is 202 g/mol. The molecule has 2 unspecified atom stereocenters. The van der Waals surface area contributed by atoms with E-state index in [2.05, 4.69) is 6.92 Å². The average molecular weight is 202 g/mol. The van der Waals surface area contributed by atoms with Gasteiger partial charge in [0.25, 0.3) is 0 Å². The van der Waals surface area contributed by atoms with Crippen molar-refractivity contribution in [2.75, 3.05) is 7.11 Å². The molecule has 3 heteroatoms. The Hall–Kier alpha value is -0.410. The molecule has 84 valence electrons. The molecular weight excluding hydrogens is 180 g/mol. The summed E-state index contributed by atoms with van der Waals surface area (Å²) in [7, 11) is 1.55. The summed E-state index contributed by atoms with van der Waals surface area (Å²) in [6, 6.07) is 0. The summed E-state index contributed by atoms with van der Waals surface area (Å²) in [5.74, 6) is -0.0107. The van der Waals surface area contributed by atoms with Crippen molar-refractivity contribution in [2.45, 2.75) is 58.2 Å². The van der Waals surface area contributed by atoms with Crippen LogP contribution in [0.15, 0.2) is 0 Å². The van der Waals surface area contributed by atoms with Gasteiger partial charge in [-0.2, -0.15) is 0 Å². The Balaban J connectivity index is 4.27. The second-order valence-corrected chi connectivity index (χ2v) is 4.01. The number of rotatable bonds is 7. The number of carbonyl (C=O) groups is 1. The van der Waals surface area contributed by atoms with E-state index in [0.717, 1.165) is 19.3 Å². The maximum absolute atomic E-state index is 11.7. The van der Waals surface area contributed by atoms with Gasteiger partial charge in [-0.1, -0.05) is 19.8 Å². The summed E-state index contributed by atoms with van der Waals surface area (Å²) >= 11 is 0. The summed E-state index contributed by atoms with van der Waals surface area (Å²) in [6.07, 6.45) is 2.33. The number of aliphatic hydroxyl groups is 1. The number of unbranched alkanes of at least 4 members (excludes halogenated alkanes) is 1. The minimum absolute atomic E-state index is 0.0107. The number of Topliss-reactive ketones (excluding diaryl/α,β-unsaturated/α-hetero) is 1. The molecule has 0 aromatic heterocycles. The molecule has 0 saturated carbocycles. The van der Waals surface area contributed by atoms with Crippen LogP contribution in [-0.4, -0.2) is 29.7 Å². The van der Waals surface area contributed by atoms with Crippen molar-refractivity contribution in [3.8, 4) is 0 Å².